The van der Waals surface area contributed by atoms with Gasteiger partial charge in [-0.05, 0) is 31.1 Å². The molecule has 1 aromatic carbocycles. The number of benzene rings is 1. The minimum Gasteiger partial charge on any atom is -0.448 e. The molecule has 0 fully saturated rings. The molecule has 0 aliphatic carbocycles. The number of amides is 3. The molecule has 142 valence electrons. The Hall–Kier alpha value is -2.23. The van der Waals surface area contributed by atoms with E-state index in [1.54, 1.807) is 38.5 Å². The molecule has 1 heterocycles. The average molecular weight is 380 g/mol. The third-order valence-electron chi connectivity index (χ3n) is 4.37. The van der Waals surface area contributed by atoms with Gasteiger partial charge in [-0.25, -0.2) is 4.79 Å². The maximum atomic E-state index is 12.2. The minimum absolute atomic E-state index is 0.0259. The van der Waals surface area contributed by atoms with Crippen molar-refractivity contribution in [3.05, 3.63) is 35.4 Å². The number of nitrogens with zero attached hydrogens (tertiary/aromatic N) is 1. The van der Waals surface area contributed by atoms with Gasteiger partial charge in [0.1, 0.15) is 6.61 Å². The Morgan fingerprint density at radius 1 is 1.12 bits per heavy atom. The van der Waals surface area contributed by atoms with Crippen molar-refractivity contribution in [2.75, 3.05) is 33.9 Å². The summed E-state index contributed by atoms with van der Waals surface area (Å²) in [6.45, 7) is 2.35. The molecule has 0 radical (unpaired) electrons. The van der Waals surface area contributed by atoms with E-state index < -0.39 is 14.7 Å². The van der Waals surface area contributed by atoms with Crippen molar-refractivity contribution in [2.24, 2.45) is 0 Å². The van der Waals surface area contributed by atoms with Gasteiger partial charge in [-0.15, -0.1) is 0 Å². The van der Waals surface area contributed by atoms with Crippen molar-refractivity contribution in [2.45, 2.75) is 19.0 Å². The average Bonchev–Trinajstić information content (AvgIpc) is 2.90. The van der Waals surface area contributed by atoms with E-state index in [4.69, 9.17) is 13.6 Å². The summed E-state index contributed by atoms with van der Waals surface area (Å²) < 4.78 is 15.8. The van der Waals surface area contributed by atoms with Gasteiger partial charge in [0.2, 0.25) is 0 Å². The second kappa shape index (κ2) is 8.92. The van der Waals surface area contributed by atoms with Crippen molar-refractivity contribution in [1.82, 2.24) is 10.2 Å². The summed E-state index contributed by atoms with van der Waals surface area (Å²) in [4.78, 5) is 37.1. The molecule has 0 aromatic heterocycles. The summed E-state index contributed by atoms with van der Waals surface area (Å²) in [5, 5.41) is 2.63. The number of carbonyl (C=O) groups is 3. The van der Waals surface area contributed by atoms with Crippen molar-refractivity contribution >= 4 is 26.5 Å². The Labute approximate surface area is 153 Å². The molecule has 2 rings (SSSR count). The molecule has 9 heteroatoms. The molecular formula is C17H24N2O6Si. The predicted octanol–water partition coefficient (Wildman–Crippen LogP) is 1.76. The van der Waals surface area contributed by atoms with Gasteiger partial charge in [-0.3, -0.25) is 14.5 Å². The highest BCUT2D eigenvalue weighted by Gasteiger charge is 2.34. The Bertz CT molecular complexity index is 642. The van der Waals surface area contributed by atoms with Crippen molar-refractivity contribution in [3.8, 4) is 0 Å². The molecule has 1 N–H and O–H groups in total. The Morgan fingerprint density at radius 3 is 2.23 bits per heavy atom. The van der Waals surface area contributed by atoms with Crippen LogP contribution in [0.15, 0.2) is 24.3 Å². The highest BCUT2D eigenvalue weighted by atomic mass is 28.4. The van der Waals surface area contributed by atoms with Gasteiger partial charge in [0, 0.05) is 20.8 Å². The number of imide groups is 1. The number of hydrogen-bond acceptors (Lipinski definition) is 6. The first kappa shape index (κ1) is 20.1. The van der Waals surface area contributed by atoms with Crippen molar-refractivity contribution in [1.29, 1.82) is 0 Å². The quantitative estimate of drug-likeness (QED) is 0.399. The second-order valence-corrected chi connectivity index (χ2v) is 9.60. The number of fused-ring (bicyclic) bond motifs is 1. The number of carbonyl (C=O) groups excluding carboxylic acids is 3. The van der Waals surface area contributed by atoms with Crippen LogP contribution in [-0.4, -0.2) is 65.3 Å². The molecule has 1 aromatic rings. The number of rotatable bonds is 9. The normalized spacial score (nSPS) is 13.7. The molecule has 0 spiro atoms. The fourth-order valence-corrected chi connectivity index (χ4v) is 4.00. The van der Waals surface area contributed by atoms with Crippen LogP contribution in [0.4, 0.5) is 4.79 Å². The van der Waals surface area contributed by atoms with Crippen LogP contribution in [0.3, 0.4) is 0 Å². The van der Waals surface area contributed by atoms with Crippen LogP contribution in [0.1, 0.15) is 27.1 Å². The number of ether oxygens (including phenoxy) is 1. The van der Waals surface area contributed by atoms with Gasteiger partial charge < -0.3 is 18.9 Å². The first-order chi connectivity index (χ1) is 12.4. The fourth-order valence-electron chi connectivity index (χ4n) is 2.61. The summed E-state index contributed by atoms with van der Waals surface area (Å²) in [7, 11) is 1.11. The van der Waals surface area contributed by atoms with E-state index in [9.17, 15) is 14.4 Å². The molecule has 0 saturated carbocycles. The maximum Gasteiger partial charge on any atom is 0.407 e. The lowest BCUT2D eigenvalue weighted by molar-refractivity contribution is 0.0604. The van der Waals surface area contributed by atoms with Crippen LogP contribution < -0.4 is 5.32 Å². The third kappa shape index (κ3) is 4.68. The molecule has 0 saturated heterocycles. The Balaban J connectivity index is 1.68. The first-order valence-electron chi connectivity index (χ1n) is 8.38. The molecule has 1 aliphatic heterocycles. The lowest BCUT2D eigenvalue weighted by atomic mass is 10.1. The van der Waals surface area contributed by atoms with Crippen LogP contribution >= 0.6 is 0 Å². The Morgan fingerprint density at radius 2 is 1.69 bits per heavy atom. The monoisotopic (exact) mass is 380 g/mol. The van der Waals surface area contributed by atoms with E-state index in [1.807, 2.05) is 6.55 Å². The molecular weight excluding hydrogens is 356 g/mol. The van der Waals surface area contributed by atoms with E-state index >= 15 is 0 Å². The van der Waals surface area contributed by atoms with Gasteiger partial charge >= 0.3 is 14.7 Å². The van der Waals surface area contributed by atoms with Gasteiger partial charge in [0.25, 0.3) is 11.8 Å². The standard InChI is InChI=1S/C17H24N2O6Si/c1-23-26(3,24-2)12-6-9-18-17(22)25-11-10-19-15(20)13-7-4-5-8-14(13)16(19)21/h4-5,7-8H,6,9-12H2,1-3H3,(H,18,22). The largest absolute Gasteiger partial charge is 0.448 e. The maximum absolute atomic E-state index is 12.2. The predicted molar refractivity (Wildman–Crippen MR) is 96.2 cm³/mol. The SMILES string of the molecule is CO[Si](C)(CCCNC(=O)OCCN1C(=O)c2ccccc2C1=O)OC. The molecule has 0 bridgehead atoms. The molecule has 0 atom stereocenters. The third-order valence-corrected chi connectivity index (χ3v) is 7.36. The van der Waals surface area contributed by atoms with Crippen LogP contribution in [0, 0.1) is 0 Å². The zero-order valence-corrected chi connectivity index (χ0v) is 16.2. The summed E-state index contributed by atoms with van der Waals surface area (Å²) in [5.41, 5.74) is 0.760. The summed E-state index contributed by atoms with van der Waals surface area (Å²) in [6.07, 6.45) is 0.123. The highest BCUT2D eigenvalue weighted by Crippen LogP contribution is 2.21. The second-order valence-electron chi connectivity index (χ2n) is 6.02. The van der Waals surface area contributed by atoms with E-state index in [0.717, 1.165) is 10.9 Å². The minimum atomic E-state index is -2.13. The molecule has 26 heavy (non-hydrogen) atoms. The van der Waals surface area contributed by atoms with Crippen LogP contribution in [0.5, 0.6) is 0 Å². The smallest absolute Gasteiger partial charge is 0.407 e. The van der Waals surface area contributed by atoms with E-state index in [1.165, 1.54) is 0 Å². The summed E-state index contributed by atoms with van der Waals surface area (Å²) in [5.74, 6) is -0.726. The van der Waals surface area contributed by atoms with Gasteiger partial charge in [-0.2, -0.15) is 0 Å². The topological polar surface area (TPSA) is 94.2 Å². The van der Waals surface area contributed by atoms with Crippen molar-refractivity contribution < 1.29 is 28.0 Å². The number of hydrogen-bond donors (Lipinski definition) is 1. The summed E-state index contributed by atoms with van der Waals surface area (Å²) in [6, 6.07) is 7.38. The van der Waals surface area contributed by atoms with Crippen molar-refractivity contribution in [3.63, 3.8) is 0 Å². The molecule has 3 amide bonds. The Kier molecular flexibility index (Phi) is 6.89. The first-order valence-corrected chi connectivity index (χ1v) is 10.9. The zero-order chi connectivity index (χ0) is 19.2. The number of nitrogens with one attached hydrogen (secondary N) is 1. The summed E-state index contributed by atoms with van der Waals surface area (Å²) >= 11 is 0. The highest BCUT2D eigenvalue weighted by molar-refractivity contribution is 6.65. The molecule has 1 aliphatic rings. The van der Waals surface area contributed by atoms with E-state index in [2.05, 4.69) is 5.32 Å². The van der Waals surface area contributed by atoms with Gasteiger partial charge in [0.05, 0.1) is 17.7 Å². The van der Waals surface area contributed by atoms with Crippen LogP contribution in [0.25, 0.3) is 0 Å². The zero-order valence-electron chi connectivity index (χ0n) is 15.2. The molecule has 8 nitrogen and oxygen atoms in total. The van der Waals surface area contributed by atoms with E-state index in [0.29, 0.717) is 24.1 Å². The van der Waals surface area contributed by atoms with Gasteiger partial charge in [-0.1, -0.05) is 12.1 Å². The molecule has 0 unspecified atom stereocenters. The van der Waals surface area contributed by atoms with Crippen LogP contribution in [-0.2, 0) is 13.6 Å². The van der Waals surface area contributed by atoms with Crippen LogP contribution in [0.2, 0.25) is 12.6 Å². The lowest BCUT2D eigenvalue weighted by Crippen LogP contribution is -2.37. The van der Waals surface area contributed by atoms with E-state index in [-0.39, 0.29) is 25.0 Å². The number of alkyl carbamates (subject to hydrolysis) is 1. The lowest BCUT2D eigenvalue weighted by Gasteiger charge is -2.22. The van der Waals surface area contributed by atoms with Gasteiger partial charge in [0.15, 0.2) is 0 Å². The fraction of sp³-hybridized carbons (Fsp3) is 0.471.